The van der Waals surface area contributed by atoms with Gasteiger partial charge in [-0.2, -0.15) is 0 Å². The van der Waals surface area contributed by atoms with Gasteiger partial charge in [0.25, 0.3) is 6.29 Å². The number of carbonyl (C=O) groups is 1. The molecule has 1 saturated heterocycles. The molecule has 126 valence electrons. The van der Waals surface area contributed by atoms with E-state index in [0.29, 0.717) is 13.2 Å². The van der Waals surface area contributed by atoms with E-state index in [-0.39, 0.29) is 6.04 Å². The number of hydrogen-bond donors (Lipinski definition) is 1. The van der Waals surface area contributed by atoms with Gasteiger partial charge in [0, 0.05) is 13.1 Å². The third kappa shape index (κ3) is 4.41. The van der Waals surface area contributed by atoms with Crippen LogP contribution in [0.5, 0.6) is 0 Å². The van der Waals surface area contributed by atoms with Crippen molar-refractivity contribution in [3.05, 3.63) is 71.8 Å². The van der Waals surface area contributed by atoms with Gasteiger partial charge < -0.3 is 14.6 Å². The summed E-state index contributed by atoms with van der Waals surface area (Å²) in [7, 11) is 0. The van der Waals surface area contributed by atoms with Gasteiger partial charge in [0.2, 0.25) is 0 Å². The van der Waals surface area contributed by atoms with Gasteiger partial charge in [0.1, 0.15) is 0 Å². The van der Waals surface area contributed by atoms with E-state index in [1.807, 2.05) is 36.4 Å². The predicted octanol–water partition coefficient (Wildman–Crippen LogP) is 2.51. The first-order chi connectivity index (χ1) is 11.7. The fourth-order valence-corrected chi connectivity index (χ4v) is 2.80. The molecule has 3 rings (SSSR count). The van der Waals surface area contributed by atoms with E-state index in [2.05, 4.69) is 29.2 Å². The molecule has 5 nitrogen and oxygen atoms in total. The van der Waals surface area contributed by atoms with Crippen molar-refractivity contribution in [3.8, 4) is 0 Å². The first-order valence-corrected chi connectivity index (χ1v) is 8.00. The van der Waals surface area contributed by atoms with Crippen LogP contribution in [-0.2, 0) is 27.4 Å². The van der Waals surface area contributed by atoms with Gasteiger partial charge in [-0.3, -0.25) is 4.90 Å². The molecule has 5 heteroatoms. The van der Waals surface area contributed by atoms with Crippen LogP contribution in [0.25, 0.3) is 0 Å². The second-order valence-electron chi connectivity index (χ2n) is 5.87. The van der Waals surface area contributed by atoms with Gasteiger partial charge in [-0.15, -0.1) is 0 Å². The Bertz CT molecular complexity index is 597. The second kappa shape index (κ2) is 8.06. The van der Waals surface area contributed by atoms with Crippen LogP contribution in [0.3, 0.4) is 0 Å². The van der Waals surface area contributed by atoms with Gasteiger partial charge in [-0.05, 0) is 11.1 Å². The first-order valence-electron chi connectivity index (χ1n) is 8.00. The maximum Gasteiger partial charge on any atom is 0.361 e. The van der Waals surface area contributed by atoms with Gasteiger partial charge in [-0.1, -0.05) is 60.7 Å². The summed E-state index contributed by atoms with van der Waals surface area (Å²) in [6.07, 6.45) is -1.16. The molecular weight excluding hydrogens is 306 g/mol. The van der Waals surface area contributed by atoms with E-state index in [4.69, 9.17) is 14.6 Å². The summed E-state index contributed by atoms with van der Waals surface area (Å²) in [5, 5.41) is 8.97. The topological polar surface area (TPSA) is 59.0 Å². The number of nitrogens with zero attached hydrogens (tertiary/aromatic N) is 1. The Morgan fingerprint density at radius 1 is 0.917 bits per heavy atom. The molecule has 0 bridgehead atoms. The molecule has 1 aliphatic heterocycles. The van der Waals surface area contributed by atoms with Crippen LogP contribution in [0, 0.1) is 0 Å². The Labute approximate surface area is 141 Å². The minimum Gasteiger partial charge on any atom is -0.477 e. The second-order valence-corrected chi connectivity index (χ2v) is 5.87. The lowest BCUT2D eigenvalue weighted by atomic mass is 10.1. The zero-order valence-electron chi connectivity index (χ0n) is 13.4. The highest BCUT2D eigenvalue weighted by atomic mass is 16.7. The lowest BCUT2D eigenvalue weighted by Gasteiger charge is -2.36. The Morgan fingerprint density at radius 2 is 1.38 bits per heavy atom. The summed E-state index contributed by atoms with van der Waals surface area (Å²) in [5.41, 5.74) is 2.41. The fraction of sp³-hybridized carbons (Fsp3) is 0.316. The highest BCUT2D eigenvalue weighted by Gasteiger charge is 2.30. The Kier molecular flexibility index (Phi) is 5.59. The lowest BCUT2D eigenvalue weighted by Crippen LogP contribution is -2.48. The third-order valence-corrected chi connectivity index (χ3v) is 4.05. The Balaban J connectivity index is 1.71. The molecule has 0 aromatic heterocycles. The fourth-order valence-electron chi connectivity index (χ4n) is 2.80. The van der Waals surface area contributed by atoms with Gasteiger partial charge in [0.15, 0.2) is 0 Å². The highest BCUT2D eigenvalue weighted by Crippen LogP contribution is 2.18. The summed E-state index contributed by atoms with van der Waals surface area (Å²) < 4.78 is 10.7. The quantitative estimate of drug-likeness (QED) is 0.883. The molecule has 1 N–H and O–H groups in total. The first kappa shape index (κ1) is 16.6. The van der Waals surface area contributed by atoms with Crippen LogP contribution >= 0.6 is 0 Å². The van der Waals surface area contributed by atoms with E-state index >= 15 is 0 Å². The number of rotatable bonds is 6. The van der Waals surface area contributed by atoms with Gasteiger partial charge in [0.05, 0.1) is 19.3 Å². The van der Waals surface area contributed by atoms with Crippen molar-refractivity contribution in [3.63, 3.8) is 0 Å². The molecule has 1 aliphatic rings. The molecule has 0 aliphatic carbocycles. The number of hydrogen-bond acceptors (Lipinski definition) is 4. The summed E-state index contributed by atoms with van der Waals surface area (Å²) in [5.74, 6) is -1.08. The lowest BCUT2D eigenvalue weighted by molar-refractivity contribution is -0.220. The van der Waals surface area contributed by atoms with Crippen LogP contribution in [0.2, 0.25) is 0 Å². The summed E-state index contributed by atoms with van der Waals surface area (Å²) in [4.78, 5) is 13.2. The average molecular weight is 327 g/mol. The summed E-state index contributed by atoms with van der Waals surface area (Å²) >= 11 is 0. The molecule has 24 heavy (non-hydrogen) atoms. The van der Waals surface area contributed by atoms with Crippen molar-refractivity contribution < 1.29 is 19.4 Å². The van der Waals surface area contributed by atoms with E-state index in [9.17, 15) is 4.79 Å². The van der Waals surface area contributed by atoms with Gasteiger partial charge in [-0.25, -0.2) is 4.79 Å². The minimum absolute atomic E-state index is 0.0148. The van der Waals surface area contributed by atoms with E-state index in [1.165, 1.54) is 11.1 Å². The van der Waals surface area contributed by atoms with Crippen LogP contribution in [-0.4, -0.2) is 41.5 Å². The predicted molar refractivity (Wildman–Crippen MR) is 89.2 cm³/mol. The van der Waals surface area contributed by atoms with Crippen LogP contribution < -0.4 is 0 Å². The zero-order valence-corrected chi connectivity index (χ0v) is 13.4. The SMILES string of the molecule is O=C(O)C1OCC(N(Cc2ccccc2)Cc2ccccc2)CO1. The molecule has 0 unspecified atom stereocenters. The van der Waals surface area contributed by atoms with Crippen LogP contribution in [0.4, 0.5) is 0 Å². The van der Waals surface area contributed by atoms with Crippen molar-refractivity contribution in [2.45, 2.75) is 25.4 Å². The number of ether oxygens (including phenoxy) is 2. The third-order valence-electron chi connectivity index (χ3n) is 4.05. The standard InChI is InChI=1S/C19H21NO4/c21-18(22)19-23-13-17(14-24-19)20(11-15-7-3-1-4-8-15)12-16-9-5-2-6-10-16/h1-10,17,19H,11-14H2,(H,21,22). The minimum atomic E-state index is -1.16. The number of carboxylic acid groups (broad SMARTS) is 1. The Hall–Kier alpha value is -2.21. The normalized spacial score (nSPS) is 20.9. The molecule has 0 radical (unpaired) electrons. The maximum atomic E-state index is 10.9. The molecular formula is C19H21NO4. The zero-order chi connectivity index (χ0) is 16.8. The molecule has 0 spiro atoms. The van der Waals surface area contributed by atoms with Crippen LogP contribution in [0.1, 0.15) is 11.1 Å². The molecule has 0 saturated carbocycles. The maximum absolute atomic E-state index is 10.9. The van der Waals surface area contributed by atoms with E-state index < -0.39 is 12.3 Å². The summed E-state index contributed by atoms with van der Waals surface area (Å²) in [6, 6.07) is 20.4. The molecule has 0 atom stereocenters. The van der Waals surface area contributed by atoms with Gasteiger partial charge >= 0.3 is 5.97 Å². The average Bonchev–Trinajstić information content (AvgIpc) is 2.63. The number of carboxylic acids is 1. The molecule has 0 amide bonds. The molecule has 2 aromatic rings. The van der Waals surface area contributed by atoms with Crippen molar-refractivity contribution in [1.82, 2.24) is 4.90 Å². The van der Waals surface area contributed by atoms with Crippen molar-refractivity contribution >= 4 is 5.97 Å². The van der Waals surface area contributed by atoms with Crippen molar-refractivity contribution in [2.24, 2.45) is 0 Å². The van der Waals surface area contributed by atoms with E-state index in [1.54, 1.807) is 0 Å². The van der Waals surface area contributed by atoms with E-state index in [0.717, 1.165) is 13.1 Å². The number of aliphatic carboxylic acids is 1. The molecule has 1 heterocycles. The largest absolute Gasteiger partial charge is 0.477 e. The Morgan fingerprint density at radius 3 is 1.79 bits per heavy atom. The smallest absolute Gasteiger partial charge is 0.361 e. The highest BCUT2D eigenvalue weighted by molar-refractivity contribution is 5.70. The summed E-state index contributed by atoms with van der Waals surface area (Å²) in [6.45, 7) is 2.20. The molecule has 1 fully saturated rings. The monoisotopic (exact) mass is 327 g/mol. The van der Waals surface area contributed by atoms with Crippen molar-refractivity contribution in [2.75, 3.05) is 13.2 Å². The van der Waals surface area contributed by atoms with Crippen molar-refractivity contribution in [1.29, 1.82) is 0 Å². The van der Waals surface area contributed by atoms with Crippen LogP contribution in [0.15, 0.2) is 60.7 Å². The number of benzene rings is 2. The molecule has 2 aromatic carbocycles.